The van der Waals surface area contributed by atoms with Gasteiger partial charge in [-0.3, -0.25) is 14.6 Å². The van der Waals surface area contributed by atoms with Crippen LogP contribution in [0.1, 0.15) is 67.6 Å². The fraction of sp³-hybridized carbons (Fsp3) is 0.467. The van der Waals surface area contributed by atoms with Crippen LogP contribution in [0.5, 0.6) is 0 Å². The molecule has 3 heterocycles. The van der Waals surface area contributed by atoms with Crippen LogP contribution in [-0.4, -0.2) is 67.2 Å². The van der Waals surface area contributed by atoms with E-state index in [0.717, 1.165) is 54.9 Å². The first-order valence-corrected chi connectivity index (χ1v) is 14.1. The Labute approximate surface area is 223 Å². The highest BCUT2D eigenvalue weighted by Gasteiger charge is 2.34. The number of pyridine rings is 1. The van der Waals surface area contributed by atoms with Gasteiger partial charge in [0, 0.05) is 43.3 Å². The predicted octanol–water partition coefficient (Wildman–Crippen LogP) is 4.17. The normalized spacial score (nSPS) is 18.7. The topological polar surface area (TPSA) is 82.9 Å². The quantitative estimate of drug-likeness (QED) is 0.401. The number of hydrogen-bond donors (Lipinski definition) is 1. The molecule has 8 nitrogen and oxygen atoms in total. The highest BCUT2D eigenvalue weighted by atomic mass is 16.1. The number of nitrogens with one attached hydrogen (secondary N) is 1. The molecule has 1 saturated carbocycles. The van der Waals surface area contributed by atoms with Crippen molar-refractivity contribution in [2.45, 2.75) is 64.1 Å². The van der Waals surface area contributed by atoms with Crippen molar-refractivity contribution in [2.24, 2.45) is 0 Å². The Kier molecular flexibility index (Phi) is 7.33. The molecule has 1 aliphatic heterocycles. The van der Waals surface area contributed by atoms with Crippen LogP contribution in [0.15, 0.2) is 59.4 Å². The molecule has 2 fully saturated rings. The minimum atomic E-state index is -0.319. The molecule has 2 aliphatic rings. The Morgan fingerprint density at radius 2 is 1.74 bits per heavy atom. The number of tetrazole rings is 1. The van der Waals surface area contributed by atoms with Gasteiger partial charge in [-0.15, -0.1) is 5.10 Å². The van der Waals surface area contributed by atoms with E-state index in [4.69, 9.17) is 0 Å². The van der Waals surface area contributed by atoms with E-state index >= 15 is 0 Å². The van der Waals surface area contributed by atoms with Crippen molar-refractivity contribution in [1.29, 1.82) is 0 Å². The van der Waals surface area contributed by atoms with Crippen LogP contribution in [0.25, 0.3) is 10.9 Å². The second kappa shape index (κ2) is 11.2. The Balaban J connectivity index is 1.37. The SMILES string of the molecule is CCc1ccc2[nH]c(=O)c([C@@H](c3nnnn3Cc3ccccc3)N3CCN(C4CCCCC4)CC3)cc2c1. The lowest BCUT2D eigenvalue weighted by atomic mass is 9.93. The molecule has 0 amide bonds. The second-order valence-corrected chi connectivity index (χ2v) is 10.8. The summed E-state index contributed by atoms with van der Waals surface area (Å²) in [5.41, 5.74) is 3.88. The molecule has 0 unspecified atom stereocenters. The van der Waals surface area contributed by atoms with Crippen molar-refractivity contribution >= 4 is 10.9 Å². The van der Waals surface area contributed by atoms with Crippen molar-refractivity contribution in [3.8, 4) is 0 Å². The van der Waals surface area contributed by atoms with Crippen molar-refractivity contribution in [1.82, 2.24) is 35.0 Å². The fourth-order valence-corrected chi connectivity index (χ4v) is 6.28. The van der Waals surface area contributed by atoms with Crippen molar-refractivity contribution in [3.63, 3.8) is 0 Å². The smallest absolute Gasteiger partial charge is 0.253 e. The number of fused-ring (bicyclic) bond motifs is 1. The van der Waals surface area contributed by atoms with Crippen LogP contribution in [0.4, 0.5) is 0 Å². The average molecular weight is 512 g/mol. The summed E-state index contributed by atoms with van der Waals surface area (Å²) in [4.78, 5) is 21.8. The maximum absolute atomic E-state index is 13.6. The van der Waals surface area contributed by atoms with E-state index in [9.17, 15) is 4.79 Å². The number of nitrogens with zero attached hydrogens (tertiary/aromatic N) is 6. The fourth-order valence-electron chi connectivity index (χ4n) is 6.28. The largest absolute Gasteiger partial charge is 0.322 e. The van der Waals surface area contributed by atoms with Gasteiger partial charge in [-0.1, -0.05) is 62.6 Å². The summed E-state index contributed by atoms with van der Waals surface area (Å²) in [6.45, 7) is 6.49. The third kappa shape index (κ3) is 5.15. The molecule has 2 aromatic carbocycles. The minimum Gasteiger partial charge on any atom is -0.322 e. The maximum Gasteiger partial charge on any atom is 0.253 e. The van der Waals surface area contributed by atoms with Gasteiger partial charge in [0.05, 0.1) is 6.54 Å². The molecule has 4 aromatic rings. The molecular weight excluding hydrogens is 474 g/mol. The van der Waals surface area contributed by atoms with Gasteiger partial charge in [-0.25, -0.2) is 4.68 Å². The summed E-state index contributed by atoms with van der Waals surface area (Å²) in [6.07, 6.45) is 7.62. The van der Waals surface area contributed by atoms with E-state index in [1.807, 2.05) is 28.9 Å². The molecule has 0 spiro atoms. The highest BCUT2D eigenvalue weighted by molar-refractivity contribution is 5.80. The van der Waals surface area contributed by atoms with Crippen molar-refractivity contribution in [3.05, 3.63) is 87.5 Å². The Morgan fingerprint density at radius 3 is 2.50 bits per heavy atom. The number of hydrogen-bond acceptors (Lipinski definition) is 6. The van der Waals surface area contributed by atoms with Gasteiger partial charge in [0.1, 0.15) is 6.04 Å². The summed E-state index contributed by atoms with van der Waals surface area (Å²) >= 11 is 0. The Morgan fingerprint density at radius 1 is 0.947 bits per heavy atom. The van der Waals surface area contributed by atoms with Gasteiger partial charge in [-0.2, -0.15) is 0 Å². The summed E-state index contributed by atoms with van der Waals surface area (Å²) < 4.78 is 1.86. The lowest BCUT2D eigenvalue weighted by molar-refractivity contribution is 0.0618. The van der Waals surface area contributed by atoms with Gasteiger partial charge >= 0.3 is 0 Å². The first kappa shape index (κ1) is 24.9. The molecular formula is C30H37N7O. The minimum absolute atomic E-state index is 0.0734. The molecule has 198 valence electrons. The van der Waals surface area contributed by atoms with E-state index in [2.05, 4.69) is 67.6 Å². The molecule has 0 radical (unpaired) electrons. The molecule has 1 N–H and O–H groups in total. The number of rotatable bonds is 7. The van der Waals surface area contributed by atoms with Crippen LogP contribution < -0.4 is 5.56 Å². The summed E-state index contributed by atoms with van der Waals surface area (Å²) in [5.74, 6) is 0.719. The molecule has 1 saturated heterocycles. The zero-order valence-electron chi connectivity index (χ0n) is 22.2. The second-order valence-electron chi connectivity index (χ2n) is 10.8. The van der Waals surface area contributed by atoms with E-state index in [-0.39, 0.29) is 11.6 Å². The molecule has 1 aliphatic carbocycles. The van der Waals surface area contributed by atoms with Gasteiger partial charge in [0.25, 0.3) is 5.56 Å². The van der Waals surface area contributed by atoms with Crippen molar-refractivity contribution < 1.29 is 0 Å². The summed E-state index contributed by atoms with van der Waals surface area (Å²) in [7, 11) is 0. The predicted molar refractivity (Wildman–Crippen MR) is 149 cm³/mol. The number of aromatic amines is 1. The number of benzene rings is 2. The lowest BCUT2D eigenvalue weighted by Crippen LogP contribution is -2.52. The zero-order chi connectivity index (χ0) is 25.9. The zero-order valence-corrected chi connectivity index (χ0v) is 22.2. The third-order valence-corrected chi connectivity index (χ3v) is 8.42. The van der Waals surface area contributed by atoms with E-state index in [0.29, 0.717) is 18.2 Å². The maximum atomic E-state index is 13.6. The highest BCUT2D eigenvalue weighted by Crippen LogP contribution is 2.30. The van der Waals surface area contributed by atoms with Crippen LogP contribution in [0.3, 0.4) is 0 Å². The van der Waals surface area contributed by atoms with Crippen LogP contribution in [-0.2, 0) is 13.0 Å². The first-order chi connectivity index (χ1) is 18.7. The monoisotopic (exact) mass is 511 g/mol. The first-order valence-electron chi connectivity index (χ1n) is 14.1. The lowest BCUT2D eigenvalue weighted by Gasteiger charge is -2.43. The molecule has 6 rings (SSSR count). The third-order valence-electron chi connectivity index (χ3n) is 8.42. The number of aryl methyl sites for hydroxylation is 1. The molecule has 1 atom stereocenters. The van der Waals surface area contributed by atoms with Crippen molar-refractivity contribution in [2.75, 3.05) is 26.2 Å². The van der Waals surface area contributed by atoms with E-state index in [1.54, 1.807) is 0 Å². The standard InChI is InChI=1S/C30H37N7O/c1-2-22-13-14-27-24(19-22)20-26(30(38)31-27)28(29-32-33-34-37(29)21-23-9-5-3-6-10-23)36-17-15-35(16-18-36)25-11-7-4-8-12-25/h3,5-6,9-10,13-14,19-20,25,28H,2,4,7-8,11-12,15-18,21H2,1H3,(H,31,38)/t28-/m0/s1. The van der Waals surface area contributed by atoms with Gasteiger partial charge in [0.2, 0.25) is 0 Å². The molecule has 0 bridgehead atoms. The van der Waals surface area contributed by atoms with Crippen LogP contribution >= 0.6 is 0 Å². The van der Waals surface area contributed by atoms with Gasteiger partial charge in [0.15, 0.2) is 5.82 Å². The molecule has 8 heteroatoms. The Hall–Kier alpha value is -3.36. The molecule has 38 heavy (non-hydrogen) atoms. The van der Waals surface area contributed by atoms with Crippen LogP contribution in [0.2, 0.25) is 0 Å². The summed E-state index contributed by atoms with van der Waals surface area (Å²) in [6, 6.07) is 18.9. The van der Waals surface area contributed by atoms with Crippen LogP contribution in [0, 0.1) is 0 Å². The van der Waals surface area contributed by atoms with E-state index < -0.39 is 0 Å². The summed E-state index contributed by atoms with van der Waals surface area (Å²) in [5, 5.41) is 14.0. The van der Waals surface area contributed by atoms with Gasteiger partial charge in [-0.05, 0) is 64.4 Å². The average Bonchev–Trinajstić information content (AvgIpc) is 3.42. The van der Waals surface area contributed by atoms with E-state index in [1.165, 1.54) is 37.7 Å². The molecule has 2 aromatic heterocycles. The Bertz CT molecular complexity index is 1420. The number of piperazine rings is 1. The number of aromatic nitrogens is 5. The van der Waals surface area contributed by atoms with Gasteiger partial charge < -0.3 is 4.98 Å². The number of H-pyrrole nitrogens is 1.